The second-order valence-corrected chi connectivity index (χ2v) is 29.8. The van der Waals surface area contributed by atoms with Crippen molar-refractivity contribution in [3.63, 3.8) is 0 Å². The summed E-state index contributed by atoms with van der Waals surface area (Å²) in [5, 5.41) is 0. The standard InChI is InChI=1S/C78H96N4S/c1-19-70(6,7)49-26-32-56-58-35-29-52(45-65(58)73(12,13)63(56)42-49)76(16,22-4)75(15,21-3)51-28-34-57-55-31-25-48(41-62(55)72(10,11)64(57)44-51)54-37-38-61(69-68(54)81-83-82-69)78(18,47-80)77(17,23-5)53-30-36-60-59-33-27-50(71(8,9)20-2)43-66(59)74(14,39-24-40-79)67(60)46-53/h25-38,41-46H,19-24,39-40,47,79-80H2,1-18H3. The van der Waals surface area contributed by atoms with E-state index in [2.05, 4.69) is 246 Å². The molecule has 83 heavy (non-hydrogen) atoms. The van der Waals surface area contributed by atoms with Crippen LogP contribution in [0.15, 0.2) is 121 Å². The van der Waals surface area contributed by atoms with Crippen molar-refractivity contribution >= 4 is 22.8 Å². The summed E-state index contributed by atoms with van der Waals surface area (Å²) in [6, 6.07) is 48.8. The SMILES string of the molecule is CCC(C)(C)c1ccc2c(c1)C(C)(C)c1cc(C(C)(CC)C(C)(CC)c3ccc4c(c3)C(C)(C)c3cc(-c5ccc(C(C)(CN)C(C)(CC)c6ccc7c(c6)C(C)(CCCN)c6cc(C(C)(C)CC)ccc6-7)c6nsnc56)ccc3-4)ccc1-2. The van der Waals surface area contributed by atoms with Gasteiger partial charge in [0.15, 0.2) is 0 Å². The summed E-state index contributed by atoms with van der Waals surface area (Å²) in [5.41, 5.74) is 41.2. The van der Waals surface area contributed by atoms with Gasteiger partial charge in [0.2, 0.25) is 0 Å². The van der Waals surface area contributed by atoms with Crippen LogP contribution < -0.4 is 11.5 Å². The average Bonchev–Trinajstić information content (AvgIpc) is 2.34. The molecule has 3 aliphatic carbocycles. The number of hydrogen-bond donors (Lipinski definition) is 2. The maximum absolute atomic E-state index is 7.16. The Morgan fingerprint density at radius 2 is 0.735 bits per heavy atom. The molecule has 5 unspecified atom stereocenters. The summed E-state index contributed by atoms with van der Waals surface area (Å²) in [6.45, 7) is 44.5. The van der Waals surface area contributed by atoms with Crippen molar-refractivity contribution in [3.8, 4) is 44.5 Å². The molecule has 0 saturated heterocycles. The Balaban J connectivity index is 0.925. The van der Waals surface area contributed by atoms with Gasteiger partial charge < -0.3 is 11.5 Å². The highest BCUT2D eigenvalue weighted by atomic mass is 32.1. The monoisotopic (exact) mass is 1120 g/mol. The van der Waals surface area contributed by atoms with Crippen LogP contribution in [0, 0.1) is 0 Å². The van der Waals surface area contributed by atoms with Crippen LogP contribution in [0.5, 0.6) is 0 Å². The molecule has 5 atom stereocenters. The summed E-state index contributed by atoms with van der Waals surface area (Å²) >= 11 is 1.31. The Kier molecular flexibility index (Phi) is 14.4. The van der Waals surface area contributed by atoms with E-state index in [1.54, 1.807) is 0 Å². The Labute approximate surface area is 504 Å². The van der Waals surface area contributed by atoms with Gasteiger partial charge >= 0.3 is 0 Å². The molecule has 8 aromatic rings. The molecule has 0 spiro atoms. The van der Waals surface area contributed by atoms with Crippen molar-refractivity contribution in [2.75, 3.05) is 13.1 Å². The van der Waals surface area contributed by atoms with Gasteiger partial charge in [0.1, 0.15) is 11.0 Å². The molecule has 0 fully saturated rings. The van der Waals surface area contributed by atoms with Crippen molar-refractivity contribution in [1.82, 2.24) is 8.75 Å². The average molecular weight is 1120 g/mol. The van der Waals surface area contributed by atoms with Crippen molar-refractivity contribution in [3.05, 3.63) is 188 Å². The number of aromatic nitrogens is 2. The second-order valence-electron chi connectivity index (χ2n) is 29.2. The third-order valence-electron chi connectivity index (χ3n) is 24.3. The van der Waals surface area contributed by atoms with Crippen LogP contribution in [0.4, 0.5) is 0 Å². The molecule has 0 amide bonds. The highest BCUT2D eigenvalue weighted by Gasteiger charge is 2.50. The zero-order chi connectivity index (χ0) is 59.8. The molecule has 4 nitrogen and oxygen atoms in total. The van der Waals surface area contributed by atoms with Gasteiger partial charge in [-0.15, -0.1) is 0 Å². The molecule has 11 rings (SSSR count). The summed E-state index contributed by atoms with van der Waals surface area (Å²) < 4.78 is 10.3. The van der Waals surface area contributed by atoms with E-state index in [1.165, 1.54) is 112 Å². The summed E-state index contributed by atoms with van der Waals surface area (Å²) in [5.74, 6) is 0. The third kappa shape index (κ3) is 8.37. The first-order valence-corrected chi connectivity index (χ1v) is 32.5. The fraction of sp³-hybridized carbons (Fsp3) is 0.462. The molecule has 1 heterocycles. The summed E-state index contributed by atoms with van der Waals surface area (Å²) in [7, 11) is 0. The van der Waals surface area contributed by atoms with Gasteiger partial charge in [0.25, 0.3) is 0 Å². The van der Waals surface area contributed by atoms with Crippen molar-refractivity contribution in [1.29, 1.82) is 0 Å². The van der Waals surface area contributed by atoms with Crippen LogP contribution in [0.3, 0.4) is 0 Å². The molecule has 0 aliphatic heterocycles. The zero-order valence-corrected chi connectivity index (χ0v) is 54.7. The van der Waals surface area contributed by atoms with E-state index < -0.39 is 5.41 Å². The first-order valence-electron chi connectivity index (χ1n) is 31.7. The maximum atomic E-state index is 7.16. The first-order chi connectivity index (χ1) is 39.2. The molecule has 1 aromatic heterocycles. The molecule has 7 aromatic carbocycles. The van der Waals surface area contributed by atoms with Crippen molar-refractivity contribution in [2.45, 2.75) is 218 Å². The first kappa shape index (κ1) is 59.0. The minimum atomic E-state index is -0.473. The highest BCUT2D eigenvalue weighted by molar-refractivity contribution is 7.00. The van der Waals surface area contributed by atoms with Crippen LogP contribution >= 0.6 is 11.7 Å². The summed E-state index contributed by atoms with van der Waals surface area (Å²) in [6.07, 6.45) is 7.12. The van der Waals surface area contributed by atoms with Crippen molar-refractivity contribution < 1.29 is 0 Å². The number of rotatable bonds is 18. The maximum Gasteiger partial charge on any atom is 0.112 e. The number of benzene rings is 7. The number of nitrogens with zero attached hydrogens (tertiary/aromatic N) is 2. The van der Waals surface area contributed by atoms with Gasteiger partial charge in [-0.25, -0.2) is 0 Å². The van der Waals surface area contributed by atoms with Gasteiger partial charge in [-0.1, -0.05) is 240 Å². The Bertz CT molecular complexity index is 3870. The predicted molar refractivity (Wildman–Crippen MR) is 357 cm³/mol. The zero-order valence-electron chi connectivity index (χ0n) is 53.9. The number of fused-ring (bicyclic) bond motifs is 10. The largest absolute Gasteiger partial charge is 0.330 e. The van der Waals surface area contributed by atoms with Gasteiger partial charge in [-0.2, -0.15) is 8.75 Å². The molecule has 0 radical (unpaired) electrons. The van der Waals surface area contributed by atoms with Crippen LogP contribution in [-0.4, -0.2) is 21.8 Å². The lowest BCUT2D eigenvalue weighted by atomic mass is 9.56. The van der Waals surface area contributed by atoms with Crippen LogP contribution in [-0.2, 0) is 48.7 Å². The van der Waals surface area contributed by atoms with Gasteiger partial charge in [0, 0.05) is 50.0 Å². The molecular weight excluding hydrogens is 1020 g/mol. The fourth-order valence-electron chi connectivity index (χ4n) is 16.2. The van der Waals surface area contributed by atoms with E-state index in [1.807, 2.05) is 0 Å². The molecule has 4 N–H and O–H groups in total. The Hall–Kier alpha value is -5.72. The van der Waals surface area contributed by atoms with E-state index in [0.29, 0.717) is 13.1 Å². The predicted octanol–water partition coefficient (Wildman–Crippen LogP) is 20.0. The quantitative estimate of drug-likeness (QED) is 0.0897. The molecule has 5 heteroatoms. The lowest BCUT2D eigenvalue weighted by molar-refractivity contribution is 0.234. The van der Waals surface area contributed by atoms with Crippen LogP contribution in [0.2, 0.25) is 0 Å². The van der Waals surface area contributed by atoms with Gasteiger partial charge in [-0.3, -0.25) is 0 Å². The topological polar surface area (TPSA) is 77.8 Å². The molecule has 0 bridgehead atoms. The second kappa shape index (κ2) is 20.2. The molecule has 0 saturated carbocycles. The summed E-state index contributed by atoms with van der Waals surface area (Å²) in [4.78, 5) is 0. The minimum Gasteiger partial charge on any atom is -0.330 e. The smallest absolute Gasteiger partial charge is 0.112 e. The Morgan fingerprint density at radius 1 is 0.386 bits per heavy atom. The van der Waals surface area contributed by atoms with E-state index in [0.717, 1.165) is 67.1 Å². The number of hydrogen-bond acceptors (Lipinski definition) is 5. The van der Waals surface area contributed by atoms with Crippen LogP contribution in [0.25, 0.3) is 55.5 Å². The Morgan fingerprint density at radius 3 is 1.16 bits per heavy atom. The third-order valence-corrected chi connectivity index (χ3v) is 24.8. The van der Waals surface area contributed by atoms with Gasteiger partial charge in [-0.05, 0) is 174 Å². The van der Waals surface area contributed by atoms with E-state index in [-0.39, 0.29) is 43.3 Å². The normalized spacial score (nSPS) is 19.4. The number of nitrogens with two attached hydrogens (primary N) is 2. The van der Waals surface area contributed by atoms with Gasteiger partial charge in [0.05, 0.1) is 11.7 Å². The lowest BCUT2D eigenvalue weighted by Gasteiger charge is -2.48. The lowest BCUT2D eigenvalue weighted by Crippen LogP contribution is -2.50. The van der Waals surface area contributed by atoms with Crippen LogP contribution in [0.1, 0.15) is 236 Å². The minimum absolute atomic E-state index is 0.0894. The molecule has 3 aliphatic rings. The highest BCUT2D eigenvalue weighted by Crippen LogP contribution is 2.59. The fourth-order valence-corrected chi connectivity index (χ4v) is 16.8. The molecule has 434 valence electrons. The molecular formula is C78H96N4S. The van der Waals surface area contributed by atoms with Crippen molar-refractivity contribution in [2.24, 2.45) is 11.5 Å². The van der Waals surface area contributed by atoms with E-state index in [4.69, 9.17) is 20.2 Å². The van der Waals surface area contributed by atoms with E-state index >= 15 is 0 Å². The van der Waals surface area contributed by atoms with E-state index in [9.17, 15) is 0 Å².